The maximum Gasteiger partial charge on any atom is 0.417 e. The third-order valence-electron chi connectivity index (χ3n) is 3.49. The zero-order valence-electron chi connectivity index (χ0n) is 10.7. The lowest BCUT2D eigenvalue weighted by Crippen LogP contribution is -2.48. The summed E-state index contributed by atoms with van der Waals surface area (Å²) in [6.45, 7) is 4.46. The molecule has 0 saturated carbocycles. The smallest absolute Gasteiger partial charge is 0.406 e. The van der Waals surface area contributed by atoms with Gasteiger partial charge in [0.15, 0.2) is 5.58 Å². The number of anilines is 1. The predicted octanol–water partition coefficient (Wildman–Crippen LogP) is 0.790. The van der Waals surface area contributed by atoms with Gasteiger partial charge >= 0.3 is 5.76 Å². The second kappa shape index (κ2) is 4.46. The maximum absolute atomic E-state index is 11.3. The number of nitrogens with one attached hydrogen (secondary N) is 1. The molecule has 0 atom stereocenters. The molecule has 6 heteroatoms. The standard InChI is InChI=1S/C13H15N3O3/c1-9(17)15-5-7-16(8-6-15)11-4-2-3-10-12(11)19-13(18)14-10/h2-4H,5-8H2,1H3,(H,14,18). The van der Waals surface area contributed by atoms with Gasteiger partial charge in [-0.2, -0.15) is 0 Å². The fraction of sp³-hybridized carbons (Fsp3) is 0.385. The first kappa shape index (κ1) is 11.8. The minimum Gasteiger partial charge on any atom is -0.406 e. The number of amides is 1. The van der Waals surface area contributed by atoms with E-state index in [-0.39, 0.29) is 5.91 Å². The van der Waals surface area contributed by atoms with Crippen LogP contribution in [-0.2, 0) is 4.79 Å². The van der Waals surface area contributed by atoms with E-state index in [9.17, 15) is 9.59 Å². The van der Waals surface area contributed by atoms with Crippen molar-refractivity contribution in [2.45, 2.75) is 6.92 Å². The summed E-state index contributed by atoms with van der Waals surface area (Å²) in [5.41, 5.74) is 2.19. The van der Waals surface area contributed by atoms with Crippen LogP contribution in [0.4, 0.5) is 5.69 Å². The van der Waals surface area contributed by atoms with E-state index in [0.29, 0.717) is 24.2 Å². The summed E-state index contributed by atoms with van der Waals surface area (Å²) < 4.78 is 5.19. The highest BCUT2D eigenvalue weighted by molar-refractivity contribution is 5.86. The summed E-state index contributed by atoms with van der Waals surface area (Å²) in [6.07, 6.45) is 0. The van der Waals surface area contributed by atoms with Gasteiger partial charge in [0.1, 0.15) is 0 Å². The number of H-pyrrole nitrogens is 1. The molecule has 2 heterocycles. The first-order chi connectivity index (χ1) is 9.15. The Morgan fingerprint density at radius 1 is 1.26 bits per heavy atom. The Kier molecular flexibility index (Phi) is 2.77. The number of carbonyl (C=O) groups excluding carboxylic acids is 1. The summed E-state index contributed by atoms with van der Waals surface area (Å²) in [5.74, 6) is -0.337. The largest absolute Gasteiger partial charge is 0.417 e. The number of nitrogens with zero attached hydrogens (tertiary/aromatic N) is 2. The second-order valence-corrected chi connectivity index (χ2v) is 4.66. The molecular weight excluding hydrogens is 246 g/mol. The molecule has 0 spiro atoms. The molecule has 0 aliphatic carbocycles. The van der Waals surface area contributed by atoms with Crippen LogP contribution in [0.2, 0.25) is 0 Å². The zero-order valence-corrected chi connectivity index (χ0v) is 10.7. The molecular formula is C13H15N3O3. The van der Waals surface area contributed by atoms with Crippen molar-refractivity contribution >= 4 is 22.7 Å². The summed E-state index contributed by atoms with van der Waals surface area (Å²) in [5, 5.41) is 0. The Labute approximate surface area is 109 Å². The second-order valence-electron chi connectivity index (χ2n) is 4.66. The molecule has 1 aliphatic rings. The monoisotopic (exact) mass is 261 g/mol. The SMILES string of the molecule is CC(=O)N1CCN(c2cccc3[nH]c(=O)oc23)CC1. The summed E-state index contributed by atoms with van der Waals surface area (Å²) in [7, 11) is 0. The van der Waals surface area contributed by atoms with Crippen molar-refractivity contribution in [2.75, 3.05) is 31.1 Å². The van der Waals surface area contributed by atoms with Crippen LogP contribution in [-0.4, -0.2) is 42.0 Å². The molecule has 1 aliphatic heterocycles. The van der Waals surface area contributed by atoms with E-state index in [1.165, 1.54) is 0 Å². The number of hydrogen-bond donors (Lipinski definition) is 1. The average Bonchev–Trinajstić information content (AvgIpc) is 2.78. The number of aromatic amines is 1. The highest BCUT2D eigenvalue weighted by Crippen LogP contribution is 2.25. The van der Waals surface area contributed by atoms with E-state index in [0.717, 1.165) is 18.8 Å². The summed E-state index contributed by atoms with van der Waals surface area (Å²) in [6, 6.07) is 5.64. The molecule has 2 aromatic rings. The molecule has 3 rings (SSSR count). The van der Waals surface area contributed by atoms with Gasteiger partial charge in [0.2, 0.25) is 5.91 Å². The lowest BCUT2D eigenvalue weighted by molar-refractivity contribution is -0.129. The van der Waals surface area contributed by atoms with Crippen LogP contribution < -0.4 is 10.7 Å². The molecule has 1 amide bonds. The average molecular weight is 261 g/mol. The third kappa shape index (κ3) is 2.09. The Bertz CT molecular complexity index is 665. The number of carbonyl (C=O) groups is 1. The van der Waals surface area contributed by atoms with Crippen LogP contribution in [0.3, 0.4) is 0 Å². The van der Waals surface area contributed by atoms with Gasteiger partial charge in [-0.3, -0.25) is 9.78 Å². The van der Waals surface area contributed by atoms with Gasteiger partial charge in [-0.25, -0.2) is 4.79 Å². The van der Waals surface area contributed by atoms with Crippen molar-refractivity contribution in [3.05, 3.63) is 28.7 Å². The number of hydrogen-bond acceptors (Lipinski definition) is 4. The number of piperazine rings is 1. The topological polar surface area (TPSA) is 69.6 Å². The number of rotatable bonds is 1. The Balaban J connectivity index is 1.89. The van der Waals surface area contributed by atoms with Crippen LogP contribution in [0.1, 0.15) is 6.92 Å². The number of aromatic nitrogens is 1. The van der Waals surface area contributed by atoms with Crippen molar-refractivity contribution in [2.24, 2.45) is 0 Å². The molecule has 0 unspecified atom stereocenters. The van der Waals surface area contributed by atoms with E-state index in [1.807, 2.05) is 23.1 Å². The minimum absolute atomic E-state index is 0.103. The molecule has 1 fully saturated rings. The van der Waals surface area contributed by atoms with Crippen molar-refractivity contribution in [1.82, 2.24) is 9.88 Å². The van der Waals surface area contributed by atoms with Gasteiger partial charge in [0.25, 0.3) is 0 Å². The minimum atomic E-state index is -0.440. The molecule has 6 nitrogen and oxygen atoms in total. The molecule has 0 radical (unpaired) electrons. The quantitative estimate of drug-likeness (QED) is 0.824. The molecule has 1 saturated heterocycles. The van der Waals surface area contributed by atoms with Crippen LogP contribution in [0.15, 0.2) is 27.4 Å². The normalized spacial score (nSPS) is 16.1. The van der Waals surface area contributed by atoms with Gasteiger partial charge in [0, 0.05) is 33.1 Å². The van der Waals surface area contributed by atoms with E-state index in [1.54, 1.807) is 6.92 Å². The molecule has 0 bridgehead atoms. The highest BCUT2D eigenvalue weighted by Gasteiger charge is 2.21. The van der Waals surface area contributed by atoms with Crippen molar-refractivity contribution in [3.63, 3.8) is 0 Å². The molecule has 100 valence electrons. The van der Waals surface area contributed by atoms with Gasteiger partial charge in [-0.05, 0) is 12.1 Å². The van der Waals surface area contributed by atoms with Crippen molar-refractivity contribution < 1.29 is 9.21 Å². The van der Waals surface area contributed by atoms with E-state index in [2.05, 4.69) is 9.88 Å². The van der Waals surface area contributed by atoms with Gasteiger partial charge < -0.3 is 14.2 Å². The van der Waals surface area contributed by atoms with Crippen LogP contribution in [0.5, 0.6) is 0 Å². The Morgan fingerprint density at radius 2 is 2.00 bits per heavy atom. The lowest BCUT2D eigenvalue weighted by Gasteiger charge is -2.35. The fourth-order valence-electron chi connectivity index (χ4n) is 2.47. The Hall–Kier alpha value is -2.24. The molecule has 19 heavy (non-hydrogen) atoms. The predicted molar refractivity (Wildman–Crippen MR) is 71.3 cm³/mol. The number of oxazole rings is 1. The maximum atomic E-state index is 11.3. The van der Waals surface area contributed by atoms with E-state index in [4.69, 9.17) is 4.42 Å². The number of benzene rings is 1. The summed E-state index contributed by atoms with van der Waals surface area (Å²) in [4.78, 5) is 29.2. The molecule has 1 N–H and O–H groups in total. The van der Waals surface area contributed by atoms with Gasteiger partial charge in [-0.15, -0.1) is 0 Å². The van der Waals surface area contributed by atoms with Crippen LogP contribution in [0.25, 0.3) is 11.1 Å². The summed E-state index contributed by atoms with van der Waals surface area (Å²) >= 11 is 0. The van der Waals surface area contributed by atoms with Gasteiger partial charge in [-0.1, -0.05) is 6.07 Å². The fourth-order valence-corrected chi connectivity index (χ4v) is 2.47. The van der Waals surface area contributed by atoms with E-state index >= 15 is 0 Å². The van der Waals surface area contributed by atoms with E-state index < -0.39 is 5.76 Å². The van der Waals surface area contributed by atoms with Crippen molar-refractivity contribution in [3.8, 4) is 0 Å². The van der Waals surface area contributed by atoms with Gasteiger partial charge in [0.05, 0.1) is 11.2 Å². The number of fused-ring (bicyclic) bond motifs is 1. The number of para-hydroxylation sites is 1. The van der Waals surface area contributed by atoms with Crippen molar-refractivity contribution in [1.29, 1.82) is 0 Å². The molecule has 1 aromatic carbocycles. The molecule has 1 aromatic heterocycles. The third-order valence-corrected chi connectivity index (χ3v) is 3.49. The first-order valence-electron chi connectivity index (χ1n) is 6.27. The Morgan fingerprint density at radius 3 is 2.68 bits per heavy atom. The van der Waals surface area contributed by atoms with Crippen LogP contribution >= 0.6 is 0 Å². The first-order valence-corrected chi connectivity index (χ1v) is 6.27. The highest BCUT2D eigenvalue weighted by atomic mass is 16.4. The van der Waals surface area contributed by atoms with Crippen LogP contribution in [0, 0.1) is 0 Å². The zero-order chi connectivity index (χ0) is 13.4. The lowest BCUT2D eigenvalue weighted by atomic mass is 10.2.